The largest absolute Gasteiger partial charge is 0.455 e. The summed E-state index contributed by atoms with van der Waals surface area (Å²) in [6, 6.07) is 0. The van der Waals surface area contributed by atoms with E-state index in [2.05, 4.69) is 10.6 Å². The van der Waals surface area contributed by atoms with Crippen molar-refractivity contribution in [2.24, 2.45) is 5.41 Å². The van der Waals surface area contributed by atoms with E-state index in [0.29, 0.717) is 43.1 Å². The van der Waals surface area contributed by atoms with E-state index in [1.807, 2.05) is 13.8 Å². The number of aliphatic hydroxyl groups is 1. The number of esters is 1. The Balaban J connectivity index is 1.65. The van der Waals surface area contributed by atoms with Crippen molar-refractivity contribution in [3.05, 3.63) is 0 Å². The third-order valence-corrected chi connectivity index (χ3v) is 5.73. The second-order valence-corrected chi connectivity index (χ2v) is 9.54. The molecule has 2 aliphatic heterocycles. The zero-order chi connectivity index (χ0) is 21.7. The van der Waals surface area contributed by atoms with E-state index < -0.39 is 23.4 Å². The summed E-state index contributed by atoms with van der Waals surface area (Å²) >= 11 is 0.624. The molecule has 2 rings (SSSR count). The molecule has 29 heavy (non-hydrogen) atoms. The predicted octanol–water partition coefficient (Wildman–Crippen LogP) is 0.646. The molecule has 2 aliphatic rings. The predicted molar refractivity (Wildman–Crippen MR) is 110 cm³/mol. The number of carbonyl (C=O) groups is 3. The zero-order valence-corrected chi connectivity index (χ0v) is 18.3. The first kappa shape index (κ1) is 23.8. The number of nitrogens with one attached hydrogen (secondary N) is 2. The van der Waals surface area contributed by atoms with Crippen LogP contribution in [-0.2, 0) is 28.6 Å². The summed E-state index contributed by atoms with van der Waals surface area (Å²) in [6.07, 6.45) is -0.228. The molecular weight excluding hydrogens is 400 g/mol. The van der Waals surface area contributed by atoms with Gasteiger partial charge in [-0.25, -0.2) is 0 Å². The van der Waals surface area contributed by atoms with Crippen LogP contribution in [0.25, 0.3) is 0 Å². The van der Waals surface area contributed by atoms with Crippen LogP contribution in [0, 0.1) is 5.41 Å². The molecule has 0 aromatic carbocycles. The van der Waals surface area contributed by atoms with Gasteiger partial charge in [0.2, 0.25) is 11.8 Å². The van der Waals surface area contributed by atoms with Gasteiger partial charge in [0.25, 0.3) is 0 Å². The SMILES string of the molecule is CC1(C)OCC(C)(C)[C@H](C(=O)NCCC(=O)NCC[SH]=C(O)C2CCC(=O)O2)O1. The highest BCUT2D eigenvalue weighted by atomic mass is 32.1. The summed E-state index contributed by atoms with van der Waals surface area (Å²) in [5, 5.41) is 15.5. The molecule has 9 nitrogen and oxygen atoms in total. The Hall–Kier alpha value is -1.49. The molecule has 166 valence electrons. The van der Waals surface area contributed by atoms with Crippen molar-refractivity contribution in [3.8, 4) is 0 Å². The van der Waals surface area contributed by atoms with Crippen LogP contribution in [-0.4, -0.2) is 71.4 Å². The molecule has 0 aromatic rings. The number of ether oxygens (including phenoxy) is 3. The quantitative estimate of drug-likeness (QED) is 0.192. The molecule has 2 saturated heterocycles. The third-order valence-electron chi connectivity index (χ3n) is 4.67. The summed E-state index contributed by atoms with van der Waals surface area (Å²) < 4.78 is 16.3. The van der Waals surface area contributed by atoms with Gasteiger partial charge in [-0.3, -0.25) is 14.4 Å². The van der Waals surface area contributed by atoms with Gasteiger partial charge in [-0.15, -0.1) is 0 Å². The number of thiol groups is 1. The lowest BCUT2D eigenvalue weighted by Crippen LogP contribution is -2.56. The van der Waals surface area contributed by atoms with E-state index in [0.717, 1.165) is 0 Å². The molecular formula is C19H32N2O7S. The minimum atomic E-state index is -0.826. The van der Waals surface area contributed by atoms with Crippen molar-refractivity contribution in [1.29, 1.82) is 0 Å². The first-order valence-electron chi connectivity index (χ1n) is 9.79. The summed E-state index contributed by atoms with van der Waals surface area (Å²) in [4.78, 5) is 35.4. The van der Waals surface area contributed by atoms with Gasteiger partial charge in [-0.1, -0.05) is 13.8 Å². The van der Waals surface area contributed by atoms with Crippen molar-refractivity contribution in [1.82, 2.24) is 10.6 Å². The Morgan fingerprint density at radius 2 is 1.93 bits per heavy atom. The maximum Gasteiger partial charge on any atom is 0.306 e. The Labute approximate surface area is 174 Å². The van der Waals surface area contributed by atoms with Crippen LogP contribution in [0.3, 0.4) is 0 Å². The maximum atomic E-state index is 12.5. The number of cyclic esters (lactones) is 1. The molecule has 0 radical (unpaired) electrons. The van der Waals surface area contributed by atoms with Gasteiger partial charge in [0.15, 0.2) is 11.9 Å². The fourth-order valence-corrected chi connectivity index (χ4v) is 3.81. The van der Waals surface area contributed by atoms with E-state index in [1.54, 1.807) is 13.8 Å². The van der Waals surface area contributed by atoms with Crippen molar-refractivity contribution in [3.63, 3.8) is 0 Å². The van der Waals surface area contributed by atoms with Gasteiger partial charge < -0.3 is 30.0 Å². The van der Waals surface area contributed by atoms with Gasteiger partial charge in [-0.2, -0.15) is 11.4 Å². The summed E-state index contributed by atoms with van der Waals surface area (Å²) in [5.74, 6) is -1.07. The van der Waals surface area contributed by atoms with Crippen molar-refractivity contribution in [2.45, 2.75) is 65.0 Å². The normalized spacial score (nSPS) is 26.2. The smallest absolute Gasteiger partial charge is 0.306 e. The van der Waals surface area contributed by atoms with E-state index in [4.69, 9.17) is 14.2 Å². The van der Waals surface area contributed by atoms with Gasteiger partial charge in [0.05, 0.1) is 6.61 Å². The minimum absolute atomic E-state index is 0.111. The molecule has 10 heteroatoms. The van der Waals surface area contributed by atoms with E-state index in [-0.39, 0.29) is 35.8 Å². The molecule has 2 heterocycles. The third kappa shape index (κ3) is 7.36. The van der Waals surface area contributed by atoms with E-state index in [1.165, 1.54) is 0 Å². The summed E-state index contributed by atoms with van der Waals surface area (Å²) in [6.45, 7) is 8.32. The van der Waals surface area contributed by atoms with Crippen LogP contribution >= 0.6 is 11.4 Å². The number of rotatable bonds is 8. The van der Waals surface area contributed by atoms with Crippen molar-refractivity contribution in [2.75, 3.05) is 25.4 Å². The molecule has 0 saturated carbocycles. The summed E-state index contributed by atoms with van der Waals surface area (Å²) in [7, 11) is 0. The molecule has 0 aliphatic carbocycles. The number of hydrogen-bond acceptors (Lipinski definition) is 6. The van der Waals surface area contributed by atoms with Crippen LogP contribution in [0.15, 0.2) is 0 Å². The van der Waals surface area contributed by atoms with Crippen LogP contribution in [0.5, 0.6) is 0 Å². The van der Waals surface area contributed by atoms with Crippen LogP contribution in [0.4, 0.5) is 0 Å². The standard InChI is InChI=1S/C19H32N2O7S/c1-18(2)11-26-19(3,4)28-15(18)16(24)21-8-7-13(22)20-9-10-29-17(25)12-5-6-14(23)27-12/h12,15,25,29H,5-11H2,1-4H3,(H,20,22)(H,21,24)/t12?,15-/m0/s1. The molecule has 1 unspecified atom stereocenters. The highest BCUT2D eigenvalue weighted by molar-refractivity contribution is 7.98. The Bertz CT molecular complexity index is 663. The van der Waals surface area contributed by atoms with Gasteiger partial charge in [-0.05, 0) is 13.8 Å². The van der Waals surface area contributed by atoms with Crippen LogP contribution < -0.4 is 10.6 Å². The molecule has 3 N–H and O–H groups in total. The molecule has 2 fully saturated rings. The number of aliphatic hydroxyl groups excluding tert-OH is 1. The van der Waals surface area contributed by atoms with Crippen molar-refractivity contribution >= 4 is 34.2 Å². The zero-order valence-electron chi connectivity index (χ0n) is 17.4. The Kier molecular flexibility index (Phi) is 8.21. The number of amides is 2. The molecule has 2 amide bonds. The van der Waals surface area contributed by atoms with Gasteiger partial charge in [0, 0.05) is 43.5 Å². The highest BCUT2D eigenvalue weighted by Gasteiger charge is 2.45. The number of hydrogen-bond donors (Lipinski definition) is 4. The first-order valence-corrected chi connectivity index (χ1v) is 10.9. The summed E-state index contributed by atoms with van der Waals surface area (Å²) in [5.41, 5.74) is -0.465. The lowest BCUT2D eigenvalue weighted by molar-refractivity contribution is -0.304. The van der Waals surface area contributed by atoms with Crippen LogP contribution in [0.2, 0.25) is 0 Å². The molecule has 0 spiro atoms. The van der Waals surface area contributed by atoms with E-state index >= 15 is 0 Å². The molecule has 0 aromatic heterocycles. The second kappa shape index (κ2) is 10.0. The molecule has 0 bridgehead atoms. The van der Waals surface area contributed by atoms with Gasteiger partial charge >= 0.3 is 5.97 Å². The van der Waals surface area contributed by atoms with Gasteiger partial charge in [0.1, 0.15) is 11.2 Å². The fourth-order valence-electron chi connectivity index (χ4n) is 2.98. The average Bonchev–Trinajstić information content (AvgIpc) is 3.07. The maximum absolute atomic E-state index is 12.5. The second-order valence-electron chi connectivity index (χ2n) is 8.32. The molecule has 2 atom stereocenters. The fraction of sp³-hybridized carbons (Fsp3) is 0.789. The minimum Gasteiger partial charge on any atom is -0.455 e. The van der Waals surface area contributed by atoms with Crippen molar-refractivity contribution < 1.29 is 33.7 Å². The highest BCUT2D eigenvalue weighted by Crippen LogP contribution is 2.34. The lowest BCUT2D eigenvalue weighted by atomic mass is 9.85. The van der Waals surface area contributed by atoms with E-state index in [9.17, 15) is 19.5 Å². The number of carbonyl (C=O) groups excluding carboxylic acids is 3. The van der Waals surface area contributed by atoms with Crippen LogP contribution in [0.1, 0.15) is 47.0 Å². The Morgan fingerprint density at radius 3 is 2.59 bits per heavy atom. The Morgan fingerprint density at radius 1 is 1.21 bits per heavy atom. The average molecular weight is 433 g/mol. The first-order chi connectivity index (χ1) is 13.5. The monoisotopic (exact) mass is 432 g/mol. The topological polar surface area (TPSA) is 123 Å². The lowest BCUT2D eigenvalue weighted by Gasteiger charge is -2.44.